The number of H-pyrrole nitrogens is 1. The number of nitrogens with one attached hydrogen (secondary N) is 2. The Bertz CT molecular complexity index is 410. The molecule has 98 valence electrons. The molecule has 18 heavy (non-hydrogen) atoms. The van der Waals surface area contributed by atoms with Crippen LogP contribution >= 0.6 is 0 Å². The zero-order chi connectivity index (χ0) is 13.0. The van der Waals surface area contributed by atoms with Gasteiger partial charge in [-0.1, -0.05) is 5.21 Å². The van der Waals surface area contributed by atoms with Crippen molar-refractivity contribution < 1.29 is 9.59 Å². The van der Waals surface area contributed by atoms with Gasteiger partial charge in [-0.25, -0.2) is 0 Å². The first-order valence-electron chi connectivity index (χ1n) is 5.92. The fourth-order valence-corrected chi connectivity index (χ4v) is 2.02. The summed E-state index contributed by atoms with van der Waals surface area (Å²) in [5, 5.41) is 16.0. The molecule has 0 bridgehead atoms. The number of rotatable bonds is 3. The number of hydrogen-bond acceptors (Lipinski definition) is 5. The third-order valence-electron chi connectivity index (χ3n) is 3.12. The second kappa shape index (κ2) is 5.56. The molecular formula is C10H16N6O2. The van der Waals surface area contributed by atoms with Crippen molar-refractivity contribution in [1.82, 2.24) is 30.8 Å². The molecule has 0 saturated carbocycles. The van der Waals surface area contributed by atoms with Crippen LogP contribution in [0.4, 0.5) is 0 Å². The highest BCUT2D eigenvalue weighted by Crippen LogP contribution is 2.17. The van der Waals surface area contributed by atoms with Gasteiger partial charge in [-0.05, 0) is 12.8 Å². The Morgan fingerprint density at radius 1 is 1.44 bits per heavy atom. The quantitative estimate of drug-likeness (QED) is 0.723. The molecule has 2 N–H and O–H groups in total. The van der Waals surface area contributed by atoms with Crippen LogP contribution in [0.5, 0.6) is 0 Å². The second-order valence-electron chi connectivity index (χ2n) is 4.33. The van der Waals surface area contributed by atoms with Crippen molar-refractivity contribution in [3.63, 3.8) is 0 Å². The number of nitrogens with zero attached hydrogens (tertiary/aromatic N) is 4. The molecule has 0 atom stereocenters. The first-order valence-corrected chi connectivity index (χ1v) is 5.92. The number of aromatic amines is 1. The molecule has 1 aliphatic heterocycles. The van der Waals surface area contributed by atoms with Gasteiger partial charge >= 0.3 is 0 Å². The summed E-state index contributed by atoms with van der Waals surface area (Å²) in [5.74, 6) is 0.487. The molecule has 1 aliphatic rings. The van der Waals surface area contributed by atoms with Crippen LogP contribution in [0.1, 0.15) is 25.6 Å². The number of carbonyl (C=O) groups is 2. The van der Waals surface area contributed by atoms with Gasteiger partial charge in [0.05, 0.1) is 6.54 Å². The lowest BCUT2D eigenvalue weighted by Crippen LogP contribution is -2.42. The van der Waals surface area contributed by atoms with E-state index < -0.39 is 0 Å². The summed E-state index contributed by atoms with van der Waals surface area (Å²) in [7, 11) is 0. The average Bonchev–Trinajstić information content (AvgIpc) is 2.89. The van der Waals surface area contributed by atoms with Crippen molar-refractivity contribution in [2.24, 2.45) is 5.92 Å². The molecule has 0 aromatic carbocycles. The highest BCUT2D eigenvalue weighted by atomic mass is 16.2. The first-order chi connectivity index (χ1) is 8.66. The summed E-state index contributed by atoms with van der Waals surface area (Å²) < 4.78 is 0. The minimum Gasteiger partial charge on any atom is -0.348 e. The number of amides is 2. The summed E-state index contributed by atoms with van der Waals surface area (Å²) in [4.78, 5) is 24.8. The number of hydrogen-bond donors (Lipinski definition) is 2. The third-order valence-corrected chi connectivity index (χ3v) is 3.12. The van der Waals surface area contributed by atoms with Crippen molar-refractivity contribution in [2.45, 2.75) is 26.3 Å². The average molecular weight is 252 g/mol. The van der Waals surface area contributed by atoms with Crippen LogP contribution in [0.3, 0.4) is 0 Å². The van der Waals surface area contributed by atoms with Gasteiger partial charge in [0.1, 0.15) is 0 Å². The lowest BCUT2D eigenvalue weighted by molar-refractivity contribution is -0.134. The van der Waals surface area contributed by atoms with E-state index in [1.165, 1.54) is 0 Å². The molecule has 1 fully saturated rings. The van der Waals surface area contributed by atoms with Gasteiger partial charge in [0.15, 0.2) is 5.82 Å². The lowest BCUT2D eigenvalue weighted by Gasteiger charge is -2.30. The van der Waals surface area contributed by atoms with E-state index in [0.717, 1.165) is 0 Å². The van der Waals surface area contributed by atoms with E-state index in [0.29, 0.717) is 31.8 Å². The maximum Gasteiger partial charge on any atom is 0.223 e. The van der Waals surface area contributed by atoms with Gasteiger partial charge in [-0.2, -0.15) is 5.21 Å². The van der Waals surface area contributed by atoms with Gasteiger partial charge in [0.2, 0.25) is 11.8 Å². The number of piperidine rings is 1. The van der Waals surface area contributed by atoms with E-state index in [-0.39, 0.29) is 24.3 Å². The molecule has 0 aliphatic carbocycles. The molecule has 1 aromatic rings. The van der Waals surface area contributed by atoms with E-state index in [1.807, 2.05) is 0 Å². The Hall–Kier alpha value is -1.99. The molecule has 8 nitrogen and oxygen atoms in total. The maximum atomic E-state index is 11.9. The highest BCUT2D eigenvalue weighted by molar-refractivity contribution is 5.79. The third kappa shape index (κ3) is 3.02. The fraction of sp³-hybridized carbons (Fsp3) is 0.700. The largest absolute Gasteiger partial charge is 0.348 e. The Morgan fingerprint density at radius 2 is 2.17 bits per heavy atom. The van der Waals surface area contributed by atoms with Crippen LogP contribution in [0.15, 0.2) is 0 Å². The van der Waals surface area contributed by atoms with E-state index in [4.69, 9.17) is 0 Å². The Morgan fingerprint density at radius 3 is 2.72 bits per heavy atom. The second-order valence-corrected chi connectivity index (χ2v) is 4.33. The van der Waals surface area contributed by atoms with E-state index in [9.17, 15) is 9.59 Å². The summed E-state index contributed by atoms with van der Waals surface area (Å²) in [6, 6.07) is 0. The summed E-state index contributed by atoms with van der Waals surface area (Å²) in [6.07, 6.45) is 1.41. The van der Waals surface area contributed by atoms with Crippen LogP contribution in [0, 0.1) is 5.92 Å². The number of aromatic nitrogens is 4. The minimum atomic E-state index is -0.0347. The molecule has 0 spiro atoms. The predicted octanol–water partition coefficient (Wildman–Crippen LogP) is -0.926. The topological polar surface area (TPSA) is 104 Å². The zero-order valence-electron chi connectivity index (χ0n) is 10.2. The predicted molar refractivity (Wildman–Crippen MR) is 61.0 cm³/mol. The summed E-state index contributed by atoms with van der Waals surface area (Å²) in [5.41, 5.74) is 0. The van der Waals surface area contributed by atoms with Crippen molar-refractivity contribution in [2.75, 3.05) is 13.1 Å². The van der Waals surface area contributed by atoms with Crippen LogP contribution in [-0.4, -0.2) is 50.4 Å². The van der Waals surface area contributed by atoms with Gasteiger partial charge in [0.25, 0.3) is 0 Å². The molecular weight excluding hydrogens is 236 g/mol. The standard InChI is InChI=1S/C10H16N6O2/c1-7(17)16-4-2-8(3-5-16)10(18)11-6-9-12-14-15-13-9/h8H,2-6H2,1H3,(H,11,18)(H,12,13,14,15). The summed E-state index contributed by atoms with van der Waals surface area (Å²) >= 11 is 0. The number of carbonyl (C=O) groups excluding carboxylic acids is 2. The molecule has 2 heterocycles. The van der Waals surface area contributed by atoms with E-state index in [1.54, 1.807) is 11.8 Å². The van der Waals surface area contributed by atoms with Crippen molar-refractivity contribution in [1.29, 1.82) is 0 Å². The van der Waals surface area contributed by atoms with Gasteiger partial charge < -0.3 is 10.2 Å². The maximum absolute atomic E-state index is 11.9. The van der Waals surface area contributed by atoms with Crippen molar-refractivity contribution >= 4 is 11.8 Å². The lowest BCUT2D eigenvalue weighted by atomic mass is 9.96. The Labute approximate surface area is 104 Å². The fourth-order valence-electron chi connectivity index (χ4n) is 2.02. The zero-order valence-corrected chi connectivity index (χ0v) is 10.2. The normalized spacial score (nSPS) is 16.6. The van der Waals surface area contributed by atoms with Gasteiger partial charge in [-0.15, -0.1) is 10.2 Å². The highest BCUT2D eigenvalue weighted by Gasteiger charge is 2.25. The van der Waals surface area contributed by atoms with Crippen molar-refractivity contribution in [3.8, 4) is 0 Å². The van der Waals surface area contributed by atoms with Gasteiger partial charge in [0, 0.05) is 25.9 Å². The smallest absolute Gasteiger partial charge is 0.223 e. The molecule has 0 radical (unpaired) electrons. The van der Waals surface area contributed by atoms with Crippen LogP contribution < -0.4 is 5.32 Å². The van der Waals surface area contributed by atoms with Crippen LogP contribution in [0.25, 0.3) is 0 Å². The number of likely N-dealkylation sites (tertiary alicyclic amines) is 1. The molecule has 1 saturated heterocycles. The van der Waals surface area contributed by atoms with Crippen LogP contribution in [0.2, 0.25) is 0 Å². The monoisotopic (exact) mass is 252 g/mol. The first kappa shape index (κ1) is 12.5. The van der Waals surface area contributed by atoms with E-state index >= 15 is 0 Å². The molecule has 0 unspecified atom stereocenters. The molecule has 8 heteroatoms. The van der Waals surface area contributed by atoms with Gasteiger partial charge in [-0.3, -0.25) is 9.59 Å². The molecule has 2 rings (SSSR count). The van der Waals surface area contributed by atoms with E-state index in [2.05, 4.69) is 25.9 Å². The Balaban J connectivity index is 1.75. The van der Waals surface area contributed by atoms with Crippen molar-refractivity contribution in [3.05, 3.63) is 5.82 Å². The summed E-state index contributed by atoms with van der Waals surface area (Å²) in [6.45, 7) is 3.13. The Kier molecular flexibility index (Phi) is 3.85. The molecule has 1 aromatic heterocycles. The minimum absolute atomic E-state index is 0.0111. The number of tetrazole rings is 1. The van der Waals surface area contributed by atoms with Crippen LogP contribution in [-0.2, 0) is 16.1 Å². The SMILES string of the molecule is CC(=O)N1CCC(C(=O)NCc2nn[nH]n2)CC1. The molecule has 2 amide bonds.